The fraction of sp³-hybridized carbons (Fsp3) is 0.500. The molecule has 1 unspecified atom stereocenters. The quantitative estimate of drug-likeness (QED) is 0.802. The number of rotatable bonds is 2. The number of hydrogen-bond acceptors (Lipinski definition) is 4. The first-order chi connectivity index (χ1) is 12.5. The van der Waals surface area contributed by atoms with E-state index in [4.69, 9.17) is 0 Å². The number of carbonyl (C=O) groups is 1. The standard InChI is InChI=1S/C20H27N5O.2ClH/c1-14-11-23(2)19-7-5-4-6-15(19)13-25(14)20(26)18-10-21-9-17(18)16-8-22-24(3)12-16;;/h4-8,12,14,17-18,21H,9-11,13H2,1-3H3;2*1H/t14?,17-,18+;;/m1../s1. The highest BCUT2D eigenvalue weighted by molar-refractivity contribution is 5.85. The number of anilines is 1. The van der Waals surface area contributed by atoms with Crippen LogP contribution in [-0.2, 0) is 18.4 Å². The van der Waals surface area contributed by atoms with E-state index < -0.39 is 0 Å². The second-order valence-corrected chi connectivity index (χ2v) is 7.64. The van der Waals surface area contributed by atoms with E-state index in [9.17, 15) is 4.79 Å². The minimum atomic E-state index is -0.0304. The summed E-state index contributed by atoms with van der Waals surface area (Å²) in [7, 11) is 4.03. The van der Waals surface area contributed by atoms with Crippen LogP contribution in [-0.4, -0.2) is 53.3 Å². The number of nitrogens with one attached hydrogen (secondary N) is 1. The SMILES string of the molecule is CC1CN(C)c2ccccc2CN1C(=O)[C@H]1CNC[C@@H]1c1cnn(C)c1.Cl.Cl. The molecule has 1 fully saturated rings. The largest absolute Gasteiger partial charge is 0.372 e. The zero-order chi connectivity index (χ0) is 18.3. The third-order valence-corrected chi connectivity index (χ3v) is 5.78. The lowest BCUT2D eigenvalue weighted by atomic mass is 9.89. The molecular weight excluding hydrogens is 397 g/mol. The Morgan fingerprint density at radius 1 is 1.18 bits per heavy atom. The number of aryl methyl sites for hydroxylation is 1. The molecule has 2 aliphatic heterocycles. The molecule has 0 spiro atoms. The van der Waals surface area contributed by atoms with Crippen LogP contribution in [0.15, 0.2) is 36.7 Å². The van der Waals surface area contributed by atoms with Crippen LogP contribution in [0.4, 0.5) is 5.69 Å². The van der Waals surface area contributed by atoms with Crippen LogP contribution < -0.4 is 10.2 Å². The summed E-state index contributed by atoms with van der Waals surface area (Å²) in [6, 6.07) is 8.58. The van der Waals surface area contributed by atoms with Crippen molar-refractivity contribution in [3.8, 4) is 0 Å². The topological polar surface area (TPSA) is 53.4 Å². The molecule has 1 saturated heterocycles. The van der Waals surface area contributed by atoms with Crippen molar-refractivity contribution in [1.29, 1.82) is 0 Å². The van der Waals surface area contributed by atoms with Gasteiger partial charge in [-0.2, -0.15) is 5.10 Å². The van der Waals surface area contributed by atoms with Crippen molar-refractivity contribution in [2.24, 2.45) is 13.0 Å². The molecule has 8 heteroatoms. The maximum Gasteiger partial charge on any atom is 0.228 e. The van der Waals surface area contributed by atoms with Gasteiger partial charge in [0.15, 0.2) is 0 Å². The first kappa shape index (κ1) is 22.5. The Hall–Kier alpha value is -1.76. The normalized spacial score (nSPS) is 24.0. The second kappa shape index (κ2) is 9.16. The number of para-hydroxylation sites is 1. The van der Waals surface area contributed by atoms with E-state index in [-0.39, 0.29) is 48.6 Å². The Morgan fingerprint density at radius 2 is 1.93 bits per heavy atom. The van der Waals surface area contributed by atoms with Crippen LogP contribution in [0.25, 0.3) is 0 Å². The van der Waals surface area contributed by atoms with E-state index in [2.05, 4.69) is 58.5 Å². The fourth-order valence-electron chi connectivity index (χ4n) is 4.38. The highest BCUT2D eigenvalue weighted by Crippen LogP contribution is 2.32. The van der Waals surface area contributed by atoms with Gasteiger partial charge in [0.05, 0.1) is 12.1 Å². The van der Waals surface area contributed by atoms with E-state index in [1.807, 2.05) is 24.1 Å². The Balaban J connectivity index is 0.00000140. The van der Waals surface area contributed by atoms with Crippen LogP contribution in [0.1, 0.15) is 24.0 Å². The van der Waals surface area contributed by atoms with E-state index in [0.717, 1.165) is 25.2 Å². The van der Waals surface area contributed by atoms with Gasteiger partial charge in [-0.25, -0.2) is 0 Å². The van der Waals surface area contributed by atoms with Gasteiger partial charge in [-0.05, 0) is 24.1 Å². The number of halogens is 2. The van der Waals surface area contributed by atoms with Crippen molar-refractivity contribution < 1.29 is 4.79 Å². The molecular formula is C20H29Cl2N5O. The number of hydrogen-bond donors (Lipinski definition) is 1. The molecule has 154 valence electrons. The van der Waals surface area contributed by atoms with Gasteiger partial charge in [0.25, 0.3) is 0 Å². The number of fused-ring (bicyclic) bond motifs is 1. The number of benzene rings is 1. The number of nitrogens with zero attached hydrogens (tertiary/aromatic N) is 4. The average Bonchev–Trinajstić information content (AvgIpc) is 3.25. The highest BCUT2D eigenvalue weighted by atomic mass is 35.5. The van der Waals surface area contributed by atoms with Crippen molar-refractivity contribution in [1.82, 2.24) is 20.0 Å². The maximum atomic E-state index is 13.5. The van der Waals surface area contributed by atoms with Crippen molar-refractivity contribution in [2.75, 3.05) is 31.6 Å². The molecule has 0 aliphatic carbocycles. The van der Waals surface area contributed by atoms with Crippen LogP contribution in [0.5, 0.6) is 0 Å². The summed E-state index contributed by atoms with van der Waals surface area (Å²) in [6.45, 7) is 5.25. The molecule has 1 N–H and O–H groups in total. The van der Waals surface area contributed by atoms with Crippen LogP contribution in [0, 0.1) is 5.92 Å². The first-order valence-electron chi connectivity index (χ1n) is 9.33. The number of amides is 1. The van der Waals surface area contributed by atoms with Crippen molar-refractivity contribution in [3.63, 3.8) is 0 Å². The third kappa shape index (κ3) is 4.14. The predicted octanol–water partition coefficient (Wildman–Crippen LogP) is 2.43. The zero-order valence-corrected chi connectivity index (χ0v) is 18.2. The van der Waals surface area contributed by atoms with Crippen molar-refractivity contribution in [2.45, 2.75) is 25.4 Å². The summed E-state index contributed by atoms with van der Waals surface area (Å²) in [6.07, 6.45) is 3.93. The summed E-state index contributed by atoms with van der Waals surface area (Å²) in [5.41, 5.74) is 3.59. The number of carbonyl (C=O) groups excluding carboxylic acids is 1. The van der Waals surface area contributed by atoms with Gasteiger partial charge in [-0.1, -0.05) is 18.2 Å². The molecule has 4 rings (SSSR count). The minimum absolute atomic E-state index is 0. The first-order valence-corrected chi connectivity index (χ1v) is 9.33. The molecule has 0 bridgehead atoms. The van der Waals surface area contributed by atoms with Gasteiger partial charge in [-0.15, -0.1) is 24.8 Å². The van der Waals surface area contributed by atoms with Crippen LogP contribution in [0.3, 0.4) is 0 Å². The van der Waals surface area contributed by atoms with E-state index >= 15 is 0 Å². The molecule has 3 heterocycles. The molecule has 3 atom stereocenters. The molecule has 1 aromatic carbocycles. The van der Waals surface area contributed by atoms with Crippen LogP contribution in [0.2, 0.25) is 0 Å². The minimum Gasteiger partial charge on any atom is -0.372 e. The lowest BCUT2D eigenvalue weighted by molar-refractivity contribution is -0.137. The molecule has 0 radical (unpaired) electrons. The summed E-state index contributed by atoms with van der Waals surface area (Å²) >= 11 is 0. The Labute approximate surface area is 179 Å². The third-order valence-electron chi connectivity index (χ3n) is 5.78. The van der Waals surface area contributed by atoms with Crippen molar-refractivity contribution in [3.05, 3.63) is 47.8 Å². The fourth-order valence-corrected chi connectivity index (χ4v) is 4.38. The summed E-state index contributed by atoms with van der Waals surface area (Å²) in [4.78, 5) is 17.8. The van der Waals surface area contributed by atoms with E-state index in [1.165, 1.54) is 11.3 Å². The Bertz CT molecular complexity index is 811. The molecule has 6 nitrogen and oxygen atoms in total. The number of likely N-dealkylation sites (N-methyl/N-ethyl adjacent to an activating group) is 1. The van der Waals surface area contributed by atoms with Gasteiger partial charge in [0.2, 0.25) is 5.91 Å². The predicted molar refractivity (Wildman–Crippen MR) is 117 cm³/mol. The van der Waals surface area contributed by atoms with Gasteiger partial charge in [-0.3, -0.25) is 9.48 Å². The Kier molecular flexibility index (Phi) is 7.37. The molecule has 2 aromatic rings. The zero-order valence-electron chi connectivity index (χ0n) is 16.5. The lowest BCUT2D eigenvalue weighted by Gasteiger charge is -2.32. The summed E-state index contributed by atoms with van der Waals surface area (Å²) < 4.78 is 1.81. The molecule has 0 saturated carbocycles. The lowest BCUT2D eigenvalue weighted by Crippen LogP contribution is -2.46. The van der Waals surface area contributed by atoms with E-state index in [0.29, 0.717) is 6.54 Å². The van der Waals surface area contributed by atoms with Gasteiger partial charge < -0.3 is 15.1 Å². The molecule has 1 aromatic heterocycles. The molecule has 28 heavy (non-hydrogen) atoms. The van der Waals surface area contributed by atoms with Crippen molar-refractivity contribution >= 4 is 36.4 Å². The van der Waals surface area contributed by atoms with E-state index in [1.54, 1.807) is 0 Å². The summed E-state index contributed by atoms with van der Waals surface area (Å²) in [5, 5.41) is 7.71. The number of aromatic nitrogens is 2. The molecule has 2 aliphatic rings. The molecule has 1 amide bonds. The Morgan fingerprint density at radius 3 is 2.64 bits per heavy atom. The second-order valence-electron chi connectivity index (χ2n) is 7.64. The summed E-state index contributed by atoms with van der Waals surface area (Å²) in [5.74, 6) is 0.415. The maximum absolute atomic E-state index is 13.5. The van der Waals surface area contributed by atoms with Gasteiger partial charge >= 0.3 is 0 Å². The van der Waals surface area contributed by atoms with Gasteiger partial charge in [0, 0.05) is 64.1 Å². The smallest absolute Gasteiger partial charge is 0.228 e. The average molecular weight is 426 g/mol. The monoisotopic (exact) mass is 425 g/mol. The van der Waals surface area contributed by atoms with Crippen LogP contribution >= 0.6 is 24.8 Å². The highest BCUT2D eigenvalue weighted by Gasteiger charge is 2.39. The van der Waals surface area contributed by atoms with Gasteiger partial charge in [0.1, 0.15) is 0 Å².